The second-order valence-electron chi connectivity index (χ2n) is 6.78. The van der Waals surface area contributed by atoms with Crippen molar-refractivity contribution in [2.45, 2.75) is 46.1 Å². The SMILES string of the molecule is CCNC(=NCCc1cn2c(n1)CCCC2)N1CCN(C(C)=O)CC1. The number of piperazine rings is 1. The Labute approximate surface area is 150 Å². The van der Waals surface area contributed by atoms with Gasteiger partial charge in [-0.05, 0) is 19.8 Å². The molecule has 0 radical (unpaired) electrons. The number of hydrogen-bond acceptors (Lipinski definition) is 3. The summed E-state index contributed by atoms with van der Waals surface area (Å²) in [6, 6.07) is 0. The fourth-order valence-corrected chi connectivity index (χ4v) is 3.53. The van der Waals surface area contributed by atoms with E-state index < -0.39 is 0 Å². The van der Waals surface area contributed by atoms with Gasteiger partial charge in [-0.3, -0.25) is 9.79 Å². The molecule has 0 bridgehead atoms. The molecule has 3 rings (SSSR count). The molecular formula is C18H30N6O. The van der Waals surface area contributed by atoms with Crippen molar-refractivity contribution >= 4 is 11.9 Å². The van der Waals surface area contributed by atoms with Gasteiger partial charge in [0.05, 0.1) is 5.69 Å². The van der Waals surface area contributed by atoms with Crippen molar-refractivity contribution in [1.29, 1.82) is 0 Å². The van der Waals surface area contributed by atoms with Crippen LogP contribution in [-0.4, -0.2) is 70.5 Å². The molecule has 0 spiro atoms. The third-order valence-corrected chi connectivity index (χ3v) is 4.95. The van der Waals surface area contributed by atoms with E-state index in [9.17, 15) is 4.79 Å². The zero-order valence-corrected chi connectivity index (χ0v) is 15.5. The summed E-state index contributed by atoms with van der Waals surface area (Å²) in [4.78, 5) is 25.2. The van der Waals surface area contributed by atoms with E-state index in [2.05, 4.69) is 27.9 Å². The van der Waals surface area contributed by atoms with E-state index in [-0.39, 0.29) is 5.91 Å². The minimum atomic E-state index is 0.158. The Morgan fingerprint density at radius 1 is 1.20 bits per heavy atom. The van der Waals surface area contributed by atoms with Gasteiger partial charge in [-0.2, -0.15) is 0 Å². The van der Waals surface area contributed by atoms with Crippen molar-refractivity contribution in [3.63, 3.8) is 0 Å². The smallest absolute Gasteiger partial charge is 0.219 e. The highest BCUT2D eigenvalue weighted by atomic mass is 16.2. The van der Waals surface area contributed by atoms with Gasteiger partial charge in [0.1, 0.15) is 5.82 Å². The number of carbonyl (C=O) groups is 1. The van der Waals surface area contributed by atoms with Crippen LogP contribution in [0.1, 0.15) is 38.2 Å². The number of rotatable bonds is 4. The van der Waals surface area contributed by atoms with Crippen molar-refractivity contribution in [1.82, 2.24) is 24.7 Å². The van der Waals surface area contributed by atoms with Gasteiger partial charge in [0, 0.05) is 71.8 Å². The highest BCUT2D eigenvalue weighted by Crippen LogP contribution is 2.14. The molecule has 7 nitrogen and oxygen atoms in total. The average Bonchev–Trinajstić information content (AvgIpc) is 3.04. The van der Waals surface area contributed by atoms with Gasteiger partial charge < -0.3 is 19.7 Å². The molecule has 25 heavy (non-hydrogen) atoms. The third-order valence-electron chi connectivity index (χ3n) is 4.95. The summed E-state index contributed by atoms with van der Waals surface area (Å²) >= 11 is 0. The fraction of sp³-hybridized carbons (Fsp3) is 0.722. The van der Waals surface area contributed by atoms with Crippen molar-refractivity contribution in [2.24, 2.45) is 4.99 Å². The monoisotopic (exact) mass is 346 g/mol. The molecule has 138 valence electrons. The van der Waals surface area contributed by atoms with Gasteiger partial charge in [0.25, 0.3) is 0 Å². The fourth-order valence-electron chi connectivity index (χ4n) is 3.53. The van der Waals surface area contributed by atoms with E-state index in [0.29, 0.717) is 0 Å². The van der Waals surface area contributed by atoms with Crippen LogP contribution in [-0.2, 0) is 24.2 Å². The normalized spacial score (nSPS) is 18.2. The first kappa shape index (κ1) is 17.8. The lowest BCUT2D eigenvalue weighted by molar-refractivity contribution is -0.130. The van der Waals surface area contributed by atoms with Gasteiger partial charge >= 0.3 is 0 Å². The number of carbonyl (C=O) groups excluding carboxylic acids is 1. The number of aliphatic imine (C=N–C) groups is 1. The first-order valence-electron chi connectivity index (χ1n) is 9.51. The number of fused-ring (bicyclic) bond motifs is 1. The number of imidazole rings is 1. The highest BCUT2D eigenvalue weighted by molar-refractivity contribution is 5.80. The summed E-state index contributed by atoms with van der Waals surface area (Å²) in [5.74, 6) is 2.34. The molecule has 0 saturated carbocycles. The Bertz CT molecular complexity index is 592. The van der Waals surface area contributed by atoms with Crippen LogP contribution in [0.2, 0.25) is 0 Å². The molecule has 0 unspecified atom stereocenters. The first-order valence-corrected chi connectivity index (χ1v) is 9.51. The number of nitrogens with one attached hydrogen (secondary N) is 1. The standard InChI is InChI=1S/C18H30N6O/c1-3-19-18(23-12-10-22(11-13-23)15(2)25)20-8-7-16-14-24-9-5-4-6-17(24)21-16/h14H,3-13H2,1-2H3,(H,19,20). The zero-order chi connectivity index (χ0) is 17.6. The van der Waals surface area contributed by atoms with E-state index in [1.807, 2.05) is 4.90 Å². The Kier molecular flexibility index (Phi) is 5.94. The summed E-state index contributed by atoms with van der Waals surface area (Å²) < 4.78 is 2.30. The van der Waals surface area contributed by atoms with Gasteiger partial charge in [0.15, 0.2) is 5.96 Å². The summed E-state index contributed by atoms with van der Waals surface area (Å²) in [5.41, 5.74) is 1.15. The van der Waals surface area contributed by atoms with Crippen LogP contribution in [0.3, 0.4) is 0 Å². The molecule has 0 aromatic carbocycles. The van der Waals surface area contributed by atoms with Gasteiger partial charge in [0.2, 0.25) is 5.91 Å². The molecule has 1 aromatic heterocycles. The molecule has 1 amide bonds. The Balaban J connectivity index is 1.55. The second kappa shape index (κ2) is 8.36. The quantitative estimate of drug-likeness (QED) is 0.650. The van der Waals surface area contributed by atoms with Crippen molar-refractivity contribution in [3.8, 4) is 0 Å². The third kappa shape index (κ3) is 4.52. The van der Waals surface area contributed by atoms with E-state index >= 15 is 0 Å². The summed E-state index contributed by atoms with van der Waals surface area (Å²) in [6.45, 7) is 9.64. The van der Waals surface area contributed by atoms with Crippen LogP contribution < -0.4 is 5.32 Å². The number of guanidine groups is 1. The predicted octanol–water partition coefficient (Wildman–Crippen LogP) is 0.891. The Morgan fingerprint density at radius 3 is 2.64 bits per heavy atom. The second-order valence-corrected chi connectivity index (χ2v) is 6.78. The summed E-state index contributed by atoms with van der Waals surface area (Å²) in [6.07, 6.45) is 6.69. The van der Waals surface area contributed by atoms with Crippen LogP contribution in [0.15, 0.2) is 11.2 Å². The molecule has 1 fully saturated rings. The van der Waals surface area contributed by atoms with Crippen LogP contribution in [0, 0.1) is 0 Å². The van der Waals surface area contributed by atoms with Crippen LogP contribution in [0.25, 0.3) is 0 Å². The van der Waals surface area contributed by atoms with Gasteiger partial charge in [-0.15, -0.1) is 0 Å². The summed E-state index contributed by atoms with van der Waals surface area (Å²) in [5, 5.41) is 3.38. The molecule has 1 N–H and O–H groups in total. The molecule has 0 aliphatic carbocycles. The number of amides is 1. The maximum absolute atomic E-state index is 11.5. The Morgan fingerprint density at radius 2 is 1.96 bits per heavy atom. The van der Waals surface area contributed by atoms with Crippen molar-refractivity contribution in [2.75, 3.05) is 39.3 Å². The molecule has 1 aromatic rings. The molecule has 1 saturated heterocycles. The minimum Gasteiger partial charge on any atom is -0.357 e. The average molecular weight is 346 g/mol. The van der Waals surface area contributed by atoms with Gasteiger partial charge in [-0.1, -0.05) is 0 Å². The number of aryl methyl sites for hydroxylation is 2. The lowest BCUT2D eigenvalue weighted by atomic mass is 10.2. The molecule has 2 aliphatic rings. The van der Waals surface area contributed by atoms with Crippen molar-refractivity contribution in [3.05, 3.63) is 17.7 Å². The molecule has 3 heterocycles. The topological polar surface area (TPSA) is 65.8 Å². The van der Waals surface area contributed by atoms with Crippen LogP contribution in [0.4, 0.5) is 0 Å². The highest BCUT2D eigenvalue weighted by Gasteiger charge is 2.20. The van der Waals surface area contributed by atoms with E-state index in [4.69, 9.17) is 9.98 Å². The molecule has 2 aliphatic heterocycles. The largest absolute Gasteiger partial charge is 0.357 e. The zero-order valence-electron chi connectivity index (χ0n) is 15.5. The summed E-state index contributed by atoms with van der Waals surface area (Å²) in [7, 11) is 0. The lowest BCUT2D eigenvalue weighted by Crippen LogP contribution is -2.53. The number of aromatic nitrogens is 2. The first-order chi connectivity index (χ1) is 12.2. The number of hydrogen-bond donors (Lipinski definition) is 1. The number of nitrogens with zero attached hydrogens (tertiary/aromatic N) is 5. The molecule has 0 atom stereocenters. The van der Waals surface area contributed by atoms with E-state index in [1.54, 1.807) is 6.92 Å². The maximum Gasteiger partial charge on any atom is 0.219 e. The maximum atomic E-state index is 11.5. The van der Waals surface area contributed by atoms with E-state index in [0.717, 1.165) is 70.3 Å². The van der Waals surface area contributed by atoms with Crippen LogP contribution >= 0.6 is 0 Å². The molecular weight excluding hydrogens is 316 g/mol. The minimum absolute atomic E-state index is 0.158. The van der Waals surface area contributed by atoms with E-state index in [1.165, 1.54) is 18.7 Å². The lowest BCUT2D eigenvalue weighted by Gasteiger charge is -2.36. The van der Waals surface area contributed by atoms with Gasteiger partial charge in [-0.25, -0.2) is 4.98 Å². The van der Waals surface area contributed by atoms with Crippen molar-refractivity contribution < 1.29 is 4.79 Å². The molecule has 7 heteroatoms. The van der Waals surface area contributed by atoms with Crippen LogP contribution in [0.5, 0.6) is 0 Å². The predicted molar refractivity (Wildman–Crippen MR) is 98.7 cm³/mol. The Hall–Kier alpha value is -2.05.